The first-order chi connectivity index (χ1) is 10.1. The Bertz CT molecular complexity index is 670. The van der Waals surface area contributed by atoms with Gasteiger partial charge in [0.25, 0.3) is 0 Å². The van der Waals surface area contributed by atoms with Gasteiger partial charge in [-0.05, 0) is 23.3 Å². The van der Waals surface area contributed by atoms with E-state index in [4.69, 9.17) is 10.5 Å². The Hall–Kier alpha value is -1.65. The summed E-state index contributed by atoms with van der Waals surface area (Å²) >= 11 is 3.49. The van der Waals surface area contributed by atoms with Crippen molar-refractivity contribution >= 4 is 21.7 Å². The summed E-state index contributed by atoms with van der Waals surface area (Å²) in [4.78, 5) is 12.4. The van der Waals surface area contributed by atoms with Gasteiger partial charge in [-0.2, -0.15) is 0 Å². The van der Waals surface area contributed by atoms with Crippen LogP contribution in [-0.4, -0.2) is 12.4 Å². The molecule has 0 spiro atoms. The van der Waals surface area contributed by atoms with E-state index < -0.39 is 6.04 Å². The lowest BCUT2D eigenvalue weighted by Gasteiger charge is -2.13. The number of fused-ring (bicyclic) bond motifs is 1. The quantitative estimate of drug-likeness (QED) is 0.925. The molecule has 1 atom stereocenters. The van der Waals surface area contributed by atoms with Gasteiger partial charge in [-0.1, -0.05) is 46.3 Å². The predicted octanol–water partition coefficient (Wildman–Crippen LogP) is 3.20. The van der Waals surface area contributed by atoms with Crippen LogP contribution in [0.3, 0.4) is 0 Å². The largest absolute Gasteiger partial charge is 0.493 e. The molecule has 108 valence electrons. The number of Topliss-reactive ketones (excluding diaryl/α,β-unsaturated/α-hetero) is 1. The first kappa shape index (κ1) is 14.3. The summed E-state index contributed by atoms with van der Waals surface area (Å²) in [6.45, 7) is 0.678. The summed E-state index contributed by atoms with van der Waals surface area (Å²) in [6, 6.07) is 12.9. The van der Waals surface area contributed by atoms with E-state index in [1.54, 1.807) is 0 Å². The number of nitrogens with two attached hydrogens (primary N) is 1. The van der Waals surface area contributed by atoms with Gasteiger partial charge in [0.2, 0.25) is 0 Å². The van der Waals surface area contributed by atoms with Gasteiger partial charge in [-0.25, -0.2) is 0 Å². The van der Waals surface area contributed by atoms with Gasteiger partial charge in [-0.15, -0.1) is 0 Å². The van der Waals surface area contributed by atoms with E-state index >= 15 is 0 Å². The van der Waals surface area contributed by atoms with Gasteiger partial charge < -0.3 is 10.5 Å². The molecular formula is C17H16BrNO2. The third-order valence-corrected chi connectivity index (χ3v) is 4.15. The standard InChI is InChI=1S/C17H16BrNO2/c18-14-8-12-6-7-21-17(12)13(9-14)10-15(20)16(19)11-4-2-1-3-5-11/h1-5,8-9,16H,6-7,10,19H2/t16-/m1/s1. The predicted molar refractivity (Wildman–Crippen MR) is 85.4 cm³/mol. The van der Waals surface area contributed by atoms with Crippen LogP contribution in [0.25, 0.3) is 0 Å². The smallest absolute Gasteiger partial charge is 0.158 e. The van der Waals surface area contributed by atoms with Crippen molar-refractivity contribution in [3.63, 3.8) is 0 Å². The topological polar surface area (TPSA) is 52.3 Å². The normalized spacial score (nSPS) is 14.4. The number of ether oxygens (including phenoxy) is 1. The molecule has 0 saturated heterocycles. The molecule has 0 aromatic heterocycles. The van der Waals surface area contributed by atoms with E-state index in [9.17, 15) is 4.79 Å². The van der Waals surface area contributed by atoms with Crippen molar-refractivity contribution in [1.29, 1.82) is 0 Å². The lowest BCUT2D eigenvalue weighted by atomic mass is 9.97. The average Bonchev–Trinajstić information content (AvgIpc) is 2.95. The molecule has 2 aromatic rings. The van der Waals surface area contributed by atoms with E-state index in [1.807, 2.05) is 42.5 Å². The molecule has 0 unspecified atom stereocenters. The minimum Gasteiger partial charge on any atom is -0.493 e. The summed E-state index contributed by atoms with van der Waals surface area (Å²) in [5.74, 6) is 0.851. The fourth-order valence-corrected chi connectivity index (χ4v) is 3.17. The number of carbonyl (C=O) groups is 1. The number of carbonyl (C=O) groups excluding carboxylic acids is 1. The second-order valence-corrected chi connectivity index (χ2v) is 6.10. The Morgan fingerprint density at radius 3 is 2.81 bits per heavy atom. The molecule has 4 heteroatoms. The van der Waals surface area contributed by atoms with Crippen LogP contribution >= 0.6 is 15.9 Å². The van der Waals surface area contributed by atoms with Gasteiger partial charge >= 0.3 is 0 Å². The zero-order chi connectivity index (χ0) is 14.8. The molecule has 3 rings (SSSR count). The van der Waals surface area contributed by atoms with Gasteiger partial charge in [0, 0.05) is 22.9 Å². The zero-order valence-electron chi connectivity index (χ0n) is 11.5. The zero-order valence-corrected chi connectivity index (χ0v) is 13.1. The number of benzene rings is 2. The summed E-state index contributed by atoms with van der Waals surface area (Å²) in [7, 11) is 0. The van der Waals surface area contributed by atoms with Gasteiger partial charge in [0.05, 0.1) is 12.6 Å². The van der Waals surface area contributed by atoms with E-state index in [0.717, 1.165) is 33.3 Å². The van der Waals surface area contributed by atoms with Crippen molar-refractivity contribution < 1.29 is 9.53 Å². The first-order valence-corrected chi connectivity index (χ1v) is 7.72. The fourth-order valence-electron chi connectivity index (χ4n) is 2.62. The van der Waals surface area contributed by atoms with Crippen LogP contribution in [0.5, 0.6) is 5.75 Å². The molecule has 0 saturated carbocycles. The van der Waals surface area contributed by atoms with Crippen molar-refractivity contribution in [3.05, 3.63) is 63.6 Å². The Kier molecular flexibility index (Phi) is 4.08. The van der Waals surface area contributed by atoms with E-state index in [2.05, 4.69) is 15.9 Å². The number of hydrogen-bond donors (Lipinski definition) is 1. The maximum absolute atomic E-state index is 12.4. The fraction of sp³-hybridized carbons (Fsp3) is 0.235. The minimum atomic E-state index is -0.595. The molecule has 2 aromatic carbocycles. The maximum Gasteiger partial charge on any atom is 0.158 e. The third-order valence-electron chi connectivity index (χ3n) is 3.70. The van der Waals surface area contributed by atoms with Crippen molar-refractivity contribution in [2.75, 3.05) is 6.61 Å². The molecule has 0 radical (unpaired) electrons. The van der Waals surface area contributed by atoms with Gasteiger partial charge in [-0.3, -0.25) is 4.79 Å². The van der Waals surface area contributed by atoms with Gasteiger partial charge in [0.15, 0.2) is 5.78 Å². The highest BCUT2D eigenvalue weighted by molar-refractivity contribution is 9.10. The second kappa shape index (κ2) is 6.00. The van der Waals surface area contributed by atoms with Crippen molar-refractivity contribution in [3.8, 4) is 5.75 Å². The summed E-state index contributed by atoms with van der Waals surface area (Å²) in [5, 5.41) is 0. The first-order valence-electron chi connectivity index (χ1n) is 6.92. The molecule has 1 aliphatic rings. The van der Waals surface area contributed by atoms with Crippen molar-refractivity contribution in [1.82, 2.24) is 0 Å². The van der Waals surface area contributed by atoms with E-state index in [-0.39, 0.29) is 12.2 Å². The Morgan fingerprint density at radius 2 is 2.05 bits per heavy atom. The number of hydrogen-bond acceptors (Lipinski definition) is 3. The Balaban J connectivity index is 1.83. The van der Waals surface area contributed by atoms with Crippen LogP contribution in [-0.2, 0) is 17.6 Å². The summed E-state index contributed by atoms with van der Waals surface area (Å²) < 4.78 is 6.63. The Labute approximate surface area is 132 Å². The van der Waals surface area contributed by atoms with Crippen LogP contribution in [0.2, 0.25) is 0 Å². The summed E-state index contributed by atoms with van der Waals surface area (Å²) in [5.41, 5.74) is 8.97. The molecule has 0 fully saturated rings. The average molecular weight is 346 g/mol. The molecule has 0 amide bonds. The highest BCUT2D eigenvalue weighted by atomic mass is 79.9. The van der Waals surface area contributed by atoms with Gasteiger partial charge in [0.1, 0.15) is 5.75 Å². The highest BCUT2D eigenvalue weighted by Gasteiger charge is 2.22. The number of halogens is 1. The van der Waals surface area contributed by atoms with Crippen LogP contribution in [0.4, 0.5) is 0 Å². The molecule has 1 heterocycles. The van der Waals surface area contributed by atoms with E-state index in [0.29, 0.717) is 6.61 Å². The molecule has 0 bridgehead atoms. The highest BCUT2D eigenvalue weighted by Crippen LogP contribution is 2.33. The van der Waals surface area contributed by atoms with E-state index in [1.165, 1.54) is 0 Å². The molecule has 21 heavy (non-hydrogen) atoms. The number of rotatable bonds is 4. The van der Waals surface area contributed by atoms with Crippen LogP contribution in [0.15, 0.2) is 46.9 Å². The van der Waals surface area contributed by atoms with Crippen LogP contribution in [0, 0.1) is 0 Å². The lowest BCUT2D eigenvalue weighted by molar-refractivity contribution is -0.119. The third kappa shape index (κ3) is 3.01. The van der Waals surface area contributed by atoms with Crippen molar-refractivity contribution in [2.45, 2.75) is 18.9 Å². The maximum atomic E-state index is 12.4. The van der Waals surface area contributed by atoms with Crippen LogP contribution in [0.1, 0.15) is 22.7 Å². The molecule has 2 N–H and O–H groups in total. The second-order valence-electron chi connectivity index (χ2n) is 5.18. The van der Waals surface area contributed by atoms with Crippen molar-refractivity contribution in [2.24, 2.45) is 5.73 Å². The molecular weight excluding hydrogens is 330 g/mol. The molecule has 3 nitrogen and oxygen atoms in total. The molecule has 1 aliphatic heterocycles. The Morgan fingerprint density at radius 1 is 1.29 bits per heavy atom. The SMILES string of the molecule is N[C@@H](C(=O)Cc1cc(Br)cc2c1OCC2)c1ccccc1. The monoisotopic (exact) mass is 345 g/mol. The summed E-state index contributed by atoms with van der Waals surface area (Å²) in [6.07, 6.45) is 1.18. The van der Waals surface area contributed by atoms with Crippen LogP contribution < -0.4 is 10.5 Å². The number of ketones is 1. The lowest BCUT2D eigenvalue weighted by Crippen LogP contribution is -2.23. The molecule has 0 aliphatic carbocycles. The minimum absolute atomic E-state index is 0.00278.